The van der Waals surface area contributed by atoms with E-state index in [0.29, 0.717) is 11.4 Å². The van der Waals surface area contributed by atoms with Crippen molar-refractivity contribution in [2.24, 2.45) is 0 Å². The normalized spacial score (nSPS) is 10.3. The molecule has 0 atom stereocenters. The molecule has 1 amide bonds. The molecule has 0 saturated heterocycles. The highest BCUT2D eigenvalue weighted by Gasteiger charge is 2.09. The van der Waals surface area contributed by atoms with Crippen LogP contribution in [0.25, 0.3) is 0 Å². The minimum atomic E-state index is -0.397. The van der Waals surface area contributed by atoms with Gasteiger partial charge in [0.15, 0.2) is 6.61 Å². The minimum Gasteiger partial charge on any atom is -0.482 e. The van der Waals surface area contributed by atoms with Crippen molar-refractivity contribution in [1.82, 2.24) is 0 Å². The largest absolute Gasteiger partial charge is 0.482 e. The van der Waals surface area contributed by atoms with Crippen LogP contribution in [0.5, 0.6) is 5.75 Å². The highest BCUT2D eigenvalue weighted by molar-refractivity contribution is 9.10. The van der Waals surface area contributed by atoms with Crippen LogP contribution in [0.1, 0.15) is 11.1 Å². The molecule has 1 N–H and O–H groups in total. The minimum absolute atomic E-state index is 0.140. The number of amides is 1. The maximum atomic E-state index is 13.0. The molecule has 2 aromatic rings. The highest BCUT2D eigenvalue weighted by atomic mass is 79.9. The number of carbonyl (C=O) groups is 1. The lowest BCUT2D eigenvalue weighted by Crippen LogP contribution is -2.20. The molecular weight excluding hydrogens is 337 g/mol. The number of aryl methyl sites for hydroxylation is 2. The zero-order valence-electron chi connectivity index (χ0n) is 11.7. The van der Waals surface area contributed by atoms with Gasteiger partial charge in [-0.1, -0.05) is 12.1 Å². The Morgan fingerprint density at radius 1 is 1.29 bits per heavy atom. The number of anilines is 1. The lowest BCUT2D eigenvalue weighted by molar-refractivity contribution is -0.118. The summed E-state index contributed by atoms with van der Waals surface area (Å²) in [6, 6.07) is 9.63. The van der Waals surface area contributed by atoms with Crippen LogP contribution in [-0.2, 0) is 4.79 Å². The number of rotatable bonds is 4. The zero-order valence-corrected chi connectivity index (χ0v) is 13.3. The Kier molecular flexibility index (Phi) is 4.96. The van der Waals surface area contributed by atoms with Crippen LogP contribution in [0, 0.1) is 19.7 Å². The number of hydrogen-bond donors (Lipinski definition) is 1. The van der Waals surface area contributed by atoms with E-state index in [1.165, 1.54) is 18.2 Å². The predicted molar refractivity (Wildman–Crippen MR) is 84.1 cm³/mol. The Labute approximate surface area is 131 Å². The Morgan fingerprint density at radius 2 is 2.05 bits per heavy atom. The van der Waals surface area contributed by atoms with Crippen molar-refractivity contribution in [3.63, 3.8) is 0 Å². The van der Waals surface area contributed by atoms with Gasteiger partial charge in [-0.25, -0.2) is 4.39 Å². The summed E-state index contributed by atoms with van der Waals surface area (Å²) < 4.78 is 19.4. The Morgan fingerprint density at radius 3 is 2.71 bits per heavy atom. The molecule has 0 unspecified atom stereocenters. The summed E-state index contributed by atoms with van der Waals surface area (Å²) >= 11 is 3.42. The van der Waals surface area contributed by atoms with E-state index in [9.17, 15) is 9.18 Å². The molecule has 0 radical (unpaired) electrons. The molecule has 2 aromatic carbocycles. The average Bonchev–Trinajstić information content (AvgIpc) is 2.37. The fourth-order valence-corrected chi connectivity index (χ4v) is 2.77. The van der Waals surface area contributed by atoms with Crippen LogP contribution >= 0.6 is 15.9 Å². The molecule has 2 rings (SSSR count). The van der Waals surface area contributed by atoms with Crippen LogP contribution in [0.4, 0.5) is 10.1 Å². The number of ether oxygens (including phenoxy) is 1. The van der Waals surface area contributed by atoms with Crippen molar-refractivity contribution in [3.05, 3.63) is 57.8 Å². The van der Waals surface area contributed by atoms with E-state index in [1.54, 1.807) is 6.07 Å². The second kappa shape index (κ2) is 6.72. The standard InChI is InChI=1S/C16H15BrFNO2/c1-10-6-11(2)16(14(17)7-10)21-9-15(20)19-13-5-3-4-12(18)8-13/h3-8H,9H2,1-2H3,(H,19,20). The van der Waals surface area contributed by atoms with Crippen molar-refractivity contribution in [1.29, 1.82) is 0 Å². The number of nitrogens with one attached hydrogen (secondary N) is 1. The number of hydrogen-bond acceptors (Lipinski definition) is 2. The Bertz CT molecular complexity index is 650. The maximum absolute atomic E-state index is 13.0. The fourth-order valence-electron chi connectivity index (χ4n) is 1.99. The molecule has 0 aromatic heterocycles. The van der Waals surface area contributed by atoms with Crippen LogP contribution in [0.3, 0.4) is 0 Å². The van der Waals surface area contributed by atoms with Gasteiger partial charge in [0.25, 0.3) is 5.91 Å². The molecule has 0 bridgehead atoms. The average molecular weight is 352 g/mol. The molecule has 0 aliphatic carbocycles. The third kappa shape index (κ3) is 4.29. The van der Waals surface area contributed by atoms with E-state index in [2.05, 4.69) is 21.2 Å². The molecule has 0 saturated carbocycles. The second-order valence-corrected chi connectivity index (χ2v) is 5.59. The molecule has 0 aliphatic rings. The SMILES string of the molecule is Cc1cc(C)c(OCC(=O)Nc2cccc(F)c2)c(Br)c1. The molecule has 5 heteroatoms. The van der Waals surface area contributed by atoms with Gasteiger partial charge in [-0.05, 0) is 65.2 Å². The summed E-state index contributed by atoms with van der Waals surface area (Å²) in [6.07, 6.45) is 0. The molecule has 0 spiro atoms. The van der Waals surface area contributed by atoms with Gasteiger partial charge in [-0.15, -0.1) is 0 Å². The fraction of sp³-hybridized carbons (Fsp3) is 0.188. The first-order valence-electron chi connectivity index (χ1n) is 6.40. The molecular formula is C16H15BrFNO2. The quantitative estimate of drug-likeness (QED) is 0.895. The summed E-state index contributed by atoms with van der Waals surface area (Å²) in [7, 11) is 0. The lowest BCUT2D eigenvalue weighted by Gasteiger charge is -2.12. The third-order valence-corrected chi connectivity index (χ3v) is 3.42. The van der Waals surface area contributed by atoms with Gasteiger partial charge in [-0.3, -0.25) is 4.79 Å². The molecule has 0 fully saturated rings. The number of carbonyl (C=O) groups excluding carboxylic acids is 1. The Hall–Kier alpha value is -1.88. The van der Waals surface area contributed by atoms with Crippen LogP contribution in [-0.4, -0.2) is 12.5 Å². The number of benzene rings is 2. The van der Waals surface area contributed by atoms with Crippen molar-refractivity contribution in [2.75, 3.05) is 11.9 Å². The predicted octanol–water partition coefficient (Wildman–Crippen LogP) is 4.22. The van der Waals surface area contributed by atoms with Gasteiger partial charge >= 0.3 is 0 Å². The van der Waals surface area contributed by atoms with E-state index >= 15 is 0 Å². The third-order valence-electron chi connectivity index (χ3n) is 2.83. The number of halogens is 2. The topological polar surface area (TPSA) is 38.3 Å². The molecule has 3 nitrogen and oxygen atoms in total. The van der Waals surface area contributed by atoms with Crippen molar-refractivity contribution >= 4 is 27.5 Å². The van der Waals surface area contributed by atoms with Gasteiger partial charge in [0.2, 0.25) is 0 Å². The first-order valence-corrected chi connectivity index (χ1v) is 7.20. The smallest absolute Gasteiger partial charge is 0.262 e. The first-order chi connectivity index (χ1) is 9.95. The summed E-state index contributed by atoms with van der Waals surface area (Å²) in [5.41, 5.74) is 2.46. The van der Waals surface area contributed by atoms with Crippen LogP contribution in [0.2, 0.25) is 0 Å². The monoisotopic (exact) mass is 351 g/mol. The lowest BCUT2D eigenvalue weighted by atomic mass is 10.1. The van der Waals surface area contributed by atoms with E-state index in [4.69, 9.17) is 4.74 Å². The van der Waals surface area contributed by atoms with Crippen LogP contribution in [0.15, 0.2) is 40.9 Å². The van der Waals surface area contributed by atoms with E-state index in [1.807, 2.05) is 26.0 Å². The van der Waals surface area contributed by atoms with Gasteiger partial charge < -0.3 is 10.1 Å². The van der Waals surface area contributed by atoms with Gasteiger partial charge in [-0.2, -0.15) is 0 Å². The van der Waals surface area contributed by atoms with Gasteiger partial charge in [0.1, 0.15) is 11.6 Å². The summed E-state index contributed by atoms with van der Waals surface area (Å²) in [6.45, 7) is 3.76. The van der Waals surface area contributed by atoms with Crippen molar-refractivity contribution in [2.45, 2.75) is 13.8 Å². The maximum Gasteiger partial charge on any atom is 0.262 e. The zero-order chi connectivity index (χ0) is 15.4. The van der Waals surface area contributed by atoms with Gasteiger partial charge in [0, 0.05) is 5.69 Å². The van der Waals surface area contributed by atoms with Crippen LogP contribution < -0.4 is 10.1 Å². The van der Waals surface area contributed by atoms with Gasteiger partial charge in [0.05, 0.1) is 4.47 Å². The van der Waals surface area contributed by atoms with E-state index in [-0.39, 0.29) is 12.5 Å². The van der Waals surface area contributed by atoms with E-state index < -0.39 is 5.82 Å². The summed E-state index contributed by atoms with van der Waals surface area (Å²) in [5, 5.41) is 2.58. The summed E-state index contributed by atoms with van der Waals surface area (Å²) in [4.78, 5) is 11.8. The van der Waals surface area contributed by atoms with Crippen molar-refractivity contribution in [3.8, 4) is 5.75 Å². The van der Waals surface area contributed by atoms with Crippen molar-refractivity contribution < 1.29 is 13.9 Å². The molecule has 110 valence electrons. The molecule has 21 heavy (non-hydrogen) atoms. The first kappa shape index (κ1) is 15.5. The summed E-state index contributed by atoms with van der Waals surface area (Å²) in [5.74, 6) is -0.103. The molecule has 0 aliphatic heterocycles. The second-order valence-electron chi connectivity index (χ2n) is 4.74. The Balaban J connectivity index is 1.99. The van der Waals surface area contributed by atoms with E-state index in [0.717, 1.165) is 15.6 Å². The highest BCUT2D eigenvalue weighted by Crippen LogP contribution is 2.30. The molecule has 0 heterocycles.